The Morgan fingerprint density at radius 3 is 2.92 bits per heavy atom. The van der Waals surface area contributed by atoms with Crippen molar-refractivity contribution in [3.05, 3.63) is 47.0 Å². The third kappa shape index (κ3) is 3.24. The zero-order chi connectivity index (χ0) is 18.9. The Hall–Kier alpha value is -2.25. The average molecular weight is 380 g/mol. The lowest BCUT2D eigenvalue weighted by Gasteiger charge is -2.20. The van der Waals surface area contributed by atoms with Crippen LogP contribution in [0.15, 0.2) is 30.6 Å². The van der Waals surface area contributed by atoms with Gasteiger partial charge in [-0.1, -0.05) is 23.7 Å². The third-order valence-corrected chi connectivity index (χ3v) is 4.96. The van der Waals surface area contributed by atoms with Gasteiger partial charge < -0.3 is 10.0 Å². The van der Waals surface area contributed by atoms with E-state index in [0.29, 0.717) is 12.2 Å². The fourth-order valence-corrected chi connectivity index (χ4v) is 3.27. The normalized spacial score (nSPS) is 20.0. The highest BCUT2D eigenvalue weighted by Crippen LogP contribution is 2.30. The van der Waals surface area contributed by atoms with Gasteiger partial charge in [-0.3, -0.25) is 14.3 Å². The molecule has 6 nitrogen and oxygen atoms in total. The van der Waals surface area contributed by atoms with Crippen molar-refractivity contribution in [2.75, 3.05) is 11.4 Å². The zero-order valence-electron chi connectivity index (χ0n) is 14.3. The fraction of sp³-hybridized carbons (Fsp3) is 0.389. The van der Waals surface area contributed by atoms with Gasteiger partial charge in [0, 0.05) is 32.1 Å². The molecule has 1 saturated heterocycles. The predicted molar refractivity (Wildman–Crippen MR) is 94.6 cm³/mol. The largest absolute Gasteiger partial charge is 0.373 e. The van der Waals surface area contributed by atoms with Crippen molar-refractivity contribution < 1.29 is 19.1 Å². The minimum absolute atomic E-state index is 0.000000332. The molecule has 0 unspecified atom stereocenters. The van der Waals surface area contributed by atoms with Gasteiger partial charge in [-0.05, 0) is 25.0 Å². The molecule has 2 aromatic rings. The van der Waals surface area contributed by atoms with Gasteiger partial charge >= 0.3 is 0 Å². The maximum atomic E-state index is 13.9. The van der Waals surface area contributed by atoms with Crippen LogP contribution in [0.5, 0.6) is 0 Å². The maximum absolute atomic E-state index is 13.9. The summed E-state index contributed by atoms with van der Waals surface area (Å²) in [5, 5.41) is 14.7. The first kappa shape index (κ1) is 18.5. The van der Waals surface area contributed by atoms with E-state index in [1.165, 1.54) is 23.2 Å². The van der Waals surface area contributed by atoms with Crippen LogP contribution in [0.25, 0.3) is 0 Å². The van der Waals surface area contributed by atoms with Crippen molar-refractivity contribution in [3.8, 4) is 0 Å². The van der Waals surface area contributed by atoms with Crippen molar-refractivity contribution in [3.63, 3.8) is 0 Å². The summed E-state index contributed by atoms with van der Waals surface area (Å²) in [7, 11) is 0. The van der Waals surface area contributed by atoms with Gasteiger partial charge in [0.1, 0.15) is 5.82 Å². The van der Waals surface area contributed by atoms with Crippen molar-refractivity contribution in [1.29, 1.82) is 0 Å². The van der Waals surface area contributed by atoms with Gasteiger partial charge in [-0.25, -0.2) is 4.39 Å². The molecule has 0 bridgehead atoms. The monoisotopic (exact) mass is 379 g/mol. The summed E-state index contributed by atoms with van der Waals surface area (Å²) in [6, 6.07) is 4.54. The highest BCUT2D eigenvalue weighted by atomic mass is 35.5. The van der Waals surface area contributed by atoms with Gasteiger partial charge in [0.25, 0.3) is 5.91 Å². The SMILES string of the molecule is CCn1cc(N2CC[C@@](O)(C(=O)CCc3cccc(Cl)c3F)C2=O)cn1. The van der Waals surface area contributed by atoms with E-state index < -0.39 is 23.1 Å². The number of hydrogen-bond acceptors (Lipinski definition) is 4. The van der Waals surface area contributed by atoms with Crippen molar-refractivity contribution >= 4 is 29.0 Å². The van der Waals surface area contributed by atoms with Crippen LogP contribution in [0.1, 0.15) is 25.3 Å². The molecule has 2 heterocycles. The number of nitrogens with zero attached hydrogens (tertiary/aromatic N) is 3. The highest BCUT2D eigenvalue weighted by molar-refractivity contribution is 6.30. The van der Waals surface area contributed by atoms with E-state index >= 15 is 0 Å². The number of hydrogen-bond donors (Lipinski definition) is 1. The molecule has 1 aromatic heterocycles. The summed E-state index contributed by atoms with van der Waals surface area (Å²) in [6.45, 7) is 2.79. The van der Waals surface area contributed by atoms with E-state index in [-0.39, 0.29) is 36.4 Å². The quantitative estimate of drug-likeness (QED) is 0.782. The topological polar surface area (TPSA) is 75.4 Å². The minimum atomic E-state index is -2.08. The molecule has 1 aliphatic heterocycles. The Morgan fingerprint density at radius 1 is 1.46 bits per heavy atom. The summed E-state index contributed by atoms with van der Waals surface area (Å²) in [5.74, 6) is -1.86. The van der Waals surface area contributed by atoms with Crippen molar-refractivity contribution in [2.45, 2.75) is 38.3 Å². The molecular weight excluding hydrogens is 361 g/mol. The van der Waals surface area contributed by atoms with Crippen LogP contribution in [0.4, 0.5) is 10.1 Å². The summed E-state index contributed by atoms with van der Waals surface area (Å²) >= 11 is 5.73. The Kier molecular flexibility index (Phi) is 5.11. The number of amides is 1. The van der Waals surface area contributed by atoms with E-state index in [2.05, 4.69) is 5.10 Å². The first-order valence-corrected chi connectivity index (χ1v) is 8.77. The minimum Gasteiger partial charge on any atom is -0.373 e. The molecule has 1 atom stereocenters. The molecule has 0 aliphatic carbocycles. The Morgan fingerprint density at radius 2 is 2.23 bits per heavy atom. The molecular formula is C18H19ClFN3O3. The van der Waals surface area contributed by atoms with Crippen molar-refractivity contribution in [2.24, 2.45) is 0 Å². The zero-order valence-corrected chi connectivity index (χ0v) is 15.0. The number of aromatic nitrogens is 2. The Labute approximate surface area is 155 Å². The number of aliphatic hydroxyl groups is 1. The van der Waals surface area contributed by atoms with Crippen LogP contribution in [-0.4, -0.2) is 38.7 Å². The number of ketones is 1. The number of Topliss-reactive ketones (excluding diaryl/α,β-unsaturated/α-hetero) is 1. The van der Waals surface area contributed by atoms with E-state index in [1.807, 2.05) is 6.92 Å². The number of aryl methyl sites for hydroxylation is 2. The smallest absolute Gasteiger partial charge is 0.266 e. The molecule has 1 aliphatic rings. The summed E-state index contributed by atoms with van der Waals surface area (Å²) in [5.41, 5.74) is -1.26. The summed E-state index contributed by atoms with van der Waals surface area (Å²) in [4.78, 5) is 26.5. The number of anilines is 1. The molecule has 0 radical (unpaired) electrons. The lowest BCUT2D eigenvalue weighted by molar-refractivity contribution is -0.147. The molecule has 8 heteroatoms. The number of benzene rings is 1. The fourth-order valence-electron chi connectivity index (χ4n) is 3.07. The lowest BCUT2D eigenvalue weighted by atomic mass is 9.92. The number of carbonyl (C=O) groups excluding carboxylic acids is 2. The first-order chi connectivity index (χ1) is 12.4. The first-order valence-electron chi connectivity index (χ1n) is 8.40. The molecule has 1 N–H and O–H groups in total. The second-order valence-electron chi connectivity index (χ2n) is 6.26. The Bertz CT molecular complexity index is 854. The molecule has 138 valence electrons. The van der Waals surface area contributed by atoms with Gasteiger partial charge in [0.15, 0.2) is 5.78 Å². The molecule has 1 aromatic carbocycles. The van der Waals surface area contributed by atoms with E-state index in [9.17, 15) is 19.1 Å². The van der Waals surface area contributed by atoms with Crippen LogP contribution in [0.2, 0.25) is 5.02 Å². The van der Waals surface area contributed by atoms with Crippen LogP contribution < -0.4 is 4.90 Å². The molecule has 0 spiro atoms. The van der Waals surface area contributed by atoms with E-state index in [0.717, 1.165) is 0 Å². The predicted octanol–water partition coefficient (Wildman–Crippen LogP) is 2.37. The third-order valence-electron chi connectivity index (χ3n) is 4.67. The highest BCUT2D eigenvalue weighted by Gasteiger charge is 2.51. The van der Waals surface area contributed by atoms with Crippen LogP contribution in [0, 0.1) is 5.82 Å². The molecule has 1 fully saturated rings. The summed E-state index contributed by atoms with van der Waals surface area (Å²) < 4.78 is 15.6. The van der Waals surface area contributed by atoms with Crippen molar-refractivity contribution in [1.82, 2.24) is 9.78 Å². The molecule has 26 heavy (non-hydrogen) atoms. The Balaban J connectivity index is 1.70. The average Bonchev–Trinajstić information content (AvgIpc) is 3.22. The number of halogens is 2. The van der Waals surface area contributed by atoms with Gasteiger partial charge in [-0.2, -0.15) is 5.10 Å². The van der Waals surface area contributed by atoms with Crippen LogP contribution in [0.3, 0.4) is 0 Å². The standard InChI is InChI=1S/C18H19ClFN3O3/c1-2-22-11-13(10-21-22)23-9-8-18(26,17(23)25)15(24)7-6-12-4-3-5-14(19)16(12)20/h3-5,10-11,26H,2,6-9H2,1H3/t18-/m1/s1. The van der Waals surface area contributed by atoms with Crippen LogP contribution >= 0.6 is 11.6 Å². The van der Waals surface area contributed by atoms with Gasteiger partial charge in [0.05, 0.1) is 16.9 Å². The molecule has 3 rings (SSSR count). The van der Waals surface area contributed by atoms with Gasteiger partial charge in [0.2, 0.25) is 5.60 Å². The summed E-state index contributed by atoms with van der Waals surface area (Å²) in [6.07, 6.45) is 3.13. The lowest BCUT2D eigenvalue weighted by Crippen LogP contribution is -2.47. The van der Waals surface area contributed by atoms with E-state index in [1.54, 1.807) is 16.9 Å². The molecule has 0 saturated carbocycles. The van der Waals surface area contributed by atoms with Crippen LogP contribution in [-0.2, 0) is 22.6 Å². The van der Waals surface area contributed by atoms with Gasteiger partial charge in [-0.15, -0.1) is 0 Å². The molecule has 1 amide bonds. The van der Waals surface area contributed by atoms with E-state index in [4.69, 9.17) is 11.6 Å². The maximum Gasteiger partial charge on any atom is 0.266 e. The number of carbonyl (C=O) groups is 2. The second kappa shape index (κ2) is 7.17. The second-order valence-corrected chi connectivity index (χ2v) is 6.66. The number of rotatable bonds is 6.